The van der Waals surface area contributed by atoms with Crippen LogP contribution < -0.4 is 0 Å². The van der Waals surface area contributed by atoms with E-state index in [1.165, 1.54) is 19.3 Å². The second-order valence-electron chi connectivity index (χ2n) is 5.45. The SMILES string of the molecule is CCCC(C)C1CC2CCCC2C1. The lowest BCUT2D eigenvalue weighted by atomic mass is 9.87. The molecule has 0 nitrogen and oxygen atoms in total. The highest BCUT2D eigenvalue weighted by molar-refractivity contribution is 4.89. The quantitative estimate of drug-likeness (QED) is 0.609. The van der Waals surface area contributed by atoms with Gasteiger partial charge in [0, 0.05) is 0 Å². The van der Waals surface area contributed by atoms with E-state index in [1.807, 2.05) is 0 Å². The predicted octanol–water partition coefficient (Wildman–Crippen LogP) is 4.25. The Bertz CT molecular complexity index is 149. The summed E-state index contributed by atoms with van der Waals surface area (Å²) >= 11 is 0. The third-order valence-electron chi connectivity index (χ3n) is 4.58. The molecule has 76 valence electrons. The summed E-state index contributed by atoms with van der Waals surface area (Å²) in [5.74, 6) is 4.39. The summed E-state index contributed by atoms with van der Waals surface area (Å²) < 4.78 is 0. The molecule has 3 unspecified atom stereocenters. The van der Waals surface area contributed by atoms with Crippen molar-refractivity contribution in [1.82, 2.24) is 0 Å². The van der Waals surface area contributed by atoms with Crippen molar-refractivity contribution in [3.05, 3.63) is 0 Å². The zero-order valence-corrected chi connectivity index (χ0v) is 9.26. The van der Waals surface area contributed by atoms with Crippen molar-refractivity contribution >= 4 is 0 Å². The molecule has 0 aliphatic heterocycles. The smallest absolute Gasteiger partial charge is 0.0383 e. The van der Waals surface area contributed by atoms with E-state index in [-0.39, 0.29) is 0 Å². The van der Waals surface area contributed by atoms with Crippen LogP contribution in [0.25, 0.3) is 0 Å². The van der Waals surface area contributed by atoms with E-state index in [4.69, 9.17) is 0 Å². The summed E-state index contributed by atoms with van der Waals surface area (Å²) in [5, 5.41) is 0. The molecule has 2 aliphatic rings. The van der Waals surface area contributed by atoms with Gasteiger partial charge >= 0.3 is 0 Å². The molecular weight excluding hydrogens is 156 g/mol. The van der Waals surface area contributed by atoms with Crippen LogP contribution in [0.1, 0.15) is 58.8 Å². The molecule has 0 bridgehead atoms. The van der Waals surface area contributed by atoms with Crippen LogP contribution in [0.15, 0.2) is 0 Å². The van der Waals surface area contributed by atoms with Crippen molar-refractivity contribution in [1.29, 1.82) is 0 Å². The molecule has 3 atom stereocenters. The van der Waals surface area contributed by atoms with Crippen LogP contribution in [-0.2, 0) is 0 Å². The monoisotopic (exact) mass is 180 g/mol. The molecule has 0 N–H and O–H groups in total. The zero-order chi connectivity index (χ0) is 9.26. The molecule has 0 aromatic heterocycles. The van der Waals surface area contributed by atoms with Crippen LogP contribution in [0.2, 0.25) is 0 Å². The van der Waals surface area contributed by atoms with Crippen molar-refractivity contribution in [2.24, 2.45) is 23.7 Å². The summed E-state index contributed by atoms with van der Waals surface area (Å²) in [6.45, 7) is 4.81. The minimum absolute atomic E-state index is 1.01. The van der Waals surface area contributed by atoms with Gasteiger partial charge in [-0.2, -0.15) is 0 Å². The molecule has 0 saturated heterocycles. The molecule has 2 aliphatic carbocycles. The largest absolute Gasteiger partial charge is 0.0654 e. The minimum Gasteiger partial charge on any atom is -0.0654 e. The molecule has 2 saturated carbocycles. The van der Waals surface area contributed by atoms with E-state index < -0.39 is 0 Å². The summed E-state index contributed by atoms with van der Waals surface area (Å²) in [4.78, 5) is 0. The summed E-state index contributed by atoms with van der Waals surface area (Å²) in [6.07, 6.45) is 10.6. The molecule has 0 amide bonds. The lowest BCUT2D eigenvalue weighted by Gasteiger charge is -2.19. The van der Waals surface area contributed by atoms with Crippen molar-refractivity contribution in [3.8, 4) is 0 Å². The Morgan fingerprint density at radius 3 is 2.31 bits per heavy atom. The van der Waals surface area contributed by atoms with Crippen LogP contribution in [0.4, 0.5) is 0 Å². The number of fused-ring (bicyclic) bond motifs is 1. The summed E-state index contributed by atoms with van der Waals surface area (Å²) in [5.41, 5.74) is 0. The van der Waals surface area contributed by atoms with Gasteiger partial charge in [0.05, 0.1) is 0 Å². The van der Waals surface area contributed by atoms with E-state index in [0.29, 0.717) is 0 Å². The van der Waals surface area contributed by atoms with E-state index in [0.717, 1.165) is 23.7 Å². The molecule has 2 rings (SSSR count). The number of rotatable bonds is 3. The van der Waals surface area contributed by atoms with Crippen LogP contribution in [-0.4, -0.2) is 0 Å². The maximum absolute atomic E-state index is 2.48. The van der Waals surface area contributed by atoms with Gasteiger partial charge in [-0.1, -0.05) is 46.0 Å². The highest BCUT2D eigenvalue weighted by Gasteiger charge is 2.38. The van der Waals surface area contributed by atoms with Crippen molar-refractivity contribution in [2.75, 3.05) is 0 Å². The highest BCUT2D eigenvalue weighted by Crippen LogP contribution is 2.49. The summed E-state index contributed by atoms with van der Waals surface area (Å²) in [6, 6.07) is 0. The van der Waals surface area contributed by atoms with Gasteiger partial charge in [-0.25, -0.2) is 0 Å². The number of hydrogen-bond acceptors (Lipinski definition) is 0. The first-order valence-electron chi connectivity index (χ1n) is 6.31. The highest BCUT2D eigenvalue weighted by atomic mass is 14.4. The Hall–Kier alpha value is 0. The van der Waals surface area contributed by atoms with Crippen molar-refractivity contribution < 1.29 is 0 Å². The first-order chi connectivity index (χ1) is 6.31. The maximum Gasteiger partial charge on any atom is -0.0383 e. The molecule has 0 heteroatoms. The zero-order valence-electron chi connectivity index (χ0n) is 9.26. The normalized spacial score (nSPS) is 40.6. The average molecular weight is 180 g/mol. The Kier molecular flexibility index (Phi) is 2.96. The predicted molar refractivity (Wildman–Crippen MR) is 57.6 cm³/mol. The van der Waals surface area contributed by atoms with E-state index >= 15 is 0 Å². The van der Waals surface area contributed by atoms with Crippen LogP contribution >= 0.6 is 0 Å². The maximum atomic E-state index is 2.48. The fourth-order valence-electron chi connectivity index (χ4n) is 3.76. The third-order valence-corrected chi connectivity index (χ3v) is 4.58. The second-order valence-corrected chi connectivity index (χ2v) is 5.45. The summed E-state index contributed by atoms with van der Waals surface area (Å²) in [7, 11) is 0. The fourth-order valence-corrected chi connectivity index (χ4v) is 3.76. The molecular formula is C13H24. The van der Waals surface area contributed by atoms with Gasteiger partial charge in [0.15, 0.2) is 0 Å². The van der Waals surface area contributed by atoms with Gasteiger partial charge in [0.1, 0.15) is 0 Å². The Labute approximate surface area is 83.1 Å². The molecule has 13 heavy (non-hydrogen) atoms. The van der Waals surface area contributed by atoms with E-state index in [9.17, 15) is 0 Å². The van der Waals surface area contributed by atoms with Crippen LogP contribution in [0.3, 0.4) is 0 Å². The standard InChI is InChI=1S/C13H24/c1-3-5-10(2)13-8-11-6-4-7-12(11)9-13/h10-13H,3-9H2,1-2H3. The lowest BCUT2D eigenvalue weighted by molar-refractivity contribution is 0.322. The second kappa shape index (κ2) is 4.02. The minimum atomic E-state index is 1.01. The first kappa shape index (κ1) is 9.55. The fraction of sp³-hybridized carbons (Fsp3) is 1.00. The van der Waals surface area contributed by atoms with E-state index in [2.05, 4.69) is 13.8 Å². The van der Waals surface area contributed by atoms with Crippen LogP contribution in [0.5, 0.6) is 0 Å². The van der Waals surface area contributed by atoms with Crippen molar-refractivity contribution in [3.63, 3.8) is 0 Å². The molecule has 0 aromatic rings. The van der Waals surface area contributed by atoms with Gasteiger partial charge in [-0.05, 0) is 36.5 Å². The topological polar surface area (TPSA) is 0 Å². The Balaban J connectivity index is 1.84. The van der Waals surface area contributed by atoms with Gasteiger partial charge in [-0.15, -0.1) is 0 Å². The Morgan fingerprint density at radius 2 is 1.77 bits per heavy atom. The third kappa shape index (κ3) is 1.92. The molecule has 0 heterocycles. The molecule has 2 fully saturated rings. The Morgan fingerprint density at radius 1 is 1.15 bits per heavy atom. The van der Waals surface area contributed by atoms with Gasteiger partial charge < -0.3 is 0 Å². The number of hydrogen-bond donors (Lipinski definition) is 0. The lowest BCUT2D eigenvalue weighted by Crippen LogP contribution is -2.08. The van der Waals surface area contributed by atoms with Gasteiger partial charge in [-0.3, -0.25) is 0 Å². The van der Waals surface area contributed by atoms with Crippen molar-refractivity contribution in [2.45, 2.75) is 58.8 Å². The molecule has 0 radical (unpaired) electrons. The molecule has 0 aromatic carbocycles. The molecule has 0 spiro atoms. The van der Waals surface area contributed by atoms with E-state index in [1.54, 1.807) is 25.7 Å². The average Bonchev–Trinajstić information content (AvgIpc) is 2.61. The first-order valence-corrected chi connectivity index (χ1v) is 6.31. The van der Waals surface area contributed by atoms with Crippen LogP contribution in [0, 0.1) is 23.7 Å². The van der Waals surface area contributed by atoms with Gasteiger partial charge in [0.2, 0.25) is 0 Å². The van der Waals surface area contributed by atoms with Gasteiger partial charge in [0.25, 0.3) is 0 Å².